The zero-order valence-electron chi connectivity index (χ0n) is 12.8. The van der Waals surface area contributed by atoms with Gasteiger partial charge in [0.1, 0.15) is 0 Å². The molecule has 1 heterocycles. The van der Waals surface area contributed by atoms with Crippen LogP contribution in [0.25, 0.3) is 10.9 Å². The van der Waals surface area contributed by atoms with Crippen LogP contribution in [0.3, 0.4) is 0 Å². The maximum absolute atomic E-state index is 6.02. The number of anilines is 1. The Bertz CT molecular complexity index is 777. The molecule has 0 saturated carbocycles. The van der Waals surface area contributed by atoms with Crippen LogP contribution in [0.4, 0.5) is 5.69 Å². The highest BCUT2D eigenvalue weighted by Crippen LogP contribution is 2.25. The van der Waals surface area contributed by atoms with E-state index in [0.29, 0.717) is 5.02 Å². The van der Waals surface area contributed by atoms with Gasteiger partial charge in [0.15, 0.2) is 0 Å². The van der Waals surface area contributed by atoms with E-state index in [1.54, 1.807) is 0 Å². The zero-order valence-corrected chi connectivity index (χ0v) is 13.6. The molecule has 2 aromatic carbocycles. The molecule has 1 aromatic heterocycles. The Balaban J connectivity index is 1.75. The van der Waals surface area contributed by atoms with Crippen LogP contribution >= 0.6 is 11.6 Å². The molecule has 0 aliphatic rings. The van der Waals surface area contributed by atoms with E-state index in [2.05, 4.69) is 47.5 Å². The van der Waals surface area contributed by atoms with Gasteiger partial charge in [-0.15, -0.1) is 5.56 Å². The molecule has 0 unspecified atom stereocenters. The van der Waals surface area contributed by atoms with Crippen molar-refractivity contribution in [3.05, 3.63) is 64.8 Å². The first kappa shape index (κ1) is 14.9. The third-order valence-corrected chi connectivity index (χ3v) is 3.80. The lowest BCUT2D eigenvalue weighted by Crippen LogP contribution is -2.09. The van der Waals surface area contributed by atoms with Gasteiger partial charge in [-0.2, -0.15) is 17.7 Å². The number of hydrogen-bond acceptors (Lipinski definition) is 3. The average Bonchev–Trinajstić information content (AvgIpc) is 2.91. The summed E-state index contributed by atoms with van der Waals surface area (Å²) in [6.45, 7) is 1.77. The quantitative estimate of drug-likeness (QED) is 0.713. The van der Waals surface area contributed by atoms with E-state index in [-0.39, 0.29) is 0 Å². The van der Waals surface area contributed by atoms with Crippen molar-refractivity contribution >= 4 is 28.2 Å². The maximum Gasteiger partial charge on any atom is 0.0737 e. The molecule has 4 heteroatoms. The van der Waals surface area contributed by atoms with E-state index in [9.17, 15) is 0 Å². The number of halogens is 1. The minimum atomic E-state index is 0.710. The molecule has 0 aliphatic carbocycles. The summed E-state index contributed by atoms with van der Waals surface area (Å²) in [4.78, 5) is 6.54. The Kier molecular flexibility index (Phi) is 4.36. The second-order valence-corrected chi connectivity index (χ2v) is 6.18. The molecule has 0 saturated heterocycles. The van der Waals surface area contributed by atoms with Crippen molar-refractivity contribution in [2.75, 3.05) is 19.4 Å². The van der Waals surface area contributed by atoms with Crippen molar-refractivity contribution in [2.24, 2.45) is 0 Å². The van der Waals surface area contributed by atoms with Crippen molar-refractivity contribution in [1.82, 2.24) is 9.88 Å². The van der Waals surface area contributed by atoms with Gasteiger partial charge in [0.2, 0.25) is 0 Å². The van der Waals surface area contributed by atoms with Crippen molar-refractivity contribution in [2.45, 2.75) is 13.1 Å². The van der Waals surface area contributed by atoms with Crippen LogP contribution in [0.2, 0.25) is 5.02 Å². The van der Waals surface area contributed by atoms with Gasteiger partial charge in [-0.05, 0) is 51.5 Å². The predicted octanol–water partition coefficient (Wildman–Crippen LogP) is 4.28. The van der Waals surface area contributed by atoms with Gasteiger partial charge in [0.05, 0.1) is 5.52 Å². The van der Waals surface area contributed by atoms with E-state index in [4.69, 9.17) is 11.6 Å². The Morgan fingerprint density at radius 1 is 1.23 bits per heavy atom. The number of nitrogens with zero attached hydrogens (tertiary/aromatic N) is 2. The van der Waals surface area contributed by atoms with Crippen molar-refractivity contribution in [1.29, 1.82) is 0 Å². The standard InChI is InChI=1S/C18H19ClN3/c1-22(2)12-14-4-3-13(9-14)11-21-17-7-8-20-18-10-15(19)5-6-16(17)18/h3-10H,11-12H2,1-2H3,(H,20,21)/q-1. The lowest BCUT2D eigenvalue weighted by Gasteiger charge is -2.13. The topological polar surface area (TPSA) is 28.2 Å². The van der Waals surface area contributed by atoms with Gasteiger partial charge in [-0.1, -0.05) is 11.6 Å². The van der Waals surface area contributed by atoms with Crippen LogP contribution in [-0.4, -0.2) is 24.0 Å². The molecule has 0 bridgehead atoms. The molecule has 3 nitrogen and oxygen atoms in total. The van der Waals surface area contributed by atoms with Crippen LogP contribution in [0, 0.1) is 0 Å². The number of fused-ring (bicyclic) bond motifs is 1. The molecule has 22 heavy (non-hydrogen) atoms. The van der Waals surface area contributed by atoms with E-state index in [0.717, 1.165) is 29.7 Å². The van der Waals surface area contributed by atoms with Crippen molar-refractivity contribution in [3.8, 4) is 0 Å². The van der Waals surface area contributed by atoms with Gasteiger partial charge >= 0.3 is 0 Å². The summed E-state index contributed by atoms with van der Waals surface area (Å²) < 4.78 is 0. The molecule has 3 aromatic rings. The molecule has 0 atom stereocenters. The summed E-state index contributed by atoms with van der Waals surface area (Å²) in [5.41, 5.74) is 4.62. The second-order valence-electron chi connectivity index (χ2n) is 5.74. The fourth-order valence-corrected chi connectivity index (χ4v) is 2.76. The van der Waals surface area contributed by atoms with Crippen molar-refractivity contribution in [3.63, 3.8) is 0 Å². The maximum atomic E-state index is 6.02. The van der Waals surface area contributed by atoms with E-state index < -0.39 is 0 Å². The summed E-state index contributed by atoms with van der Waals surface area (Å²) in [5, 5.41) is 5.29. The second kappa shape index (κ2) is 6.42. The van der Waals surface area contributed by atoms with E-state index in [1.807, 2.05) is 30.5 Å². The predicted molar refractivity (Wildman–Crippen MR) is 93.5 cm³/mol. The van der Waals surface area contributed by atoms with Crippen molar-refractivity contribution < 1.29 is 0 Å². The Labute approximate surface area is 135 Å². The summed E-state index contributed by atoms with van der Waals surface area (Å²) >= 11 is 6.02. The van der Waals surface area contributed by atoms with E-state index in [1.165, 1.54) is 11.1 Å². The first-order chi connectivity index (χ1) is 10.6. The Morgan fingerprint density at radius 3 is 2.91 bits per heavy atom. The molecule has 0 aliphatic heterocycles. The molecule has 0 radical (unpaired) electrons. The minimum absolute atomic E-state index is 0.710. The van der Waals surface area contributed by atoms with Gasteiger partial charge in [0.25, 0.3) is 0 Å². The number of benzene rings is 1. The van der Waals surface area contributed by atoms with Gasteiger partial charge in [0, 0.05) is 22.3 Å². The summed E-state index contributed by atoms with van der Waals surface area (Å²) in [5.74, 6) is 0. The summed E-state index contributed by atoms with van der Waals surface area (Å²) in [6, 6.07) is 14.4. The number of nitrogens with one attached hydrogen (secondary N) is 1. The first-order valence-corrected chi connectivity index (χ1v) is 7.67. The lowest BCUT2D eigenvalue weighted by atomic mass is 10.2. The molecule has 3 rings (SSSR count). The summed E-state index contributed by atoms with van der Waals surface area (Å²) in [6.07, 6.45) is 1.81. The molecular weight excluding hydrogens is 294 g/mol. The fraction of sp³-hybridized carbons (Fsp3) is 0.222. The molecule has 0 fully saturated rings. The first-order valence-electron chi connectivity index (χ1n) is 7.29. The van der Waals surface area contributed by atoms with Gasteiger partial charge < -0.3 is 10.2 Å². The highest BCUT2D eigenvalue weighted by Gasteiger charge is 2.01. The number of hydrogen-bond donors (Lipinski definition) is 1. The minimum Gasteiger partial charge on any atom is -0.393 e. The largest absolute Gasteiger partial charge is 0.393 e. The van der Waals surface area contributed by atoms with Gasteiger partial charge in [-0.25, -0.2) is 6.07 Å². The highest BCUT2D eigenvalue weighted by atomic mass is 35.5. The SMILES string of the molecule is CN(C)C[c-]1ccc(CNc2ccnc3cc(Cl)ccc23)c1. The van der Waals surface area contributed by atoms with Crippen LogP contribution in [0.5, 0.6) is 0 Å². The fourth-order valence-electron chi connectivity index (χ4n) is 2.59. The lowest BCUT2D eigenvalue weighted by molar-refractivity contribution is 0.403. The third-order valence-electron chi connectivity index (χ3n) is 3.57. The monoisotopic (exact) mass is 312 g/mol. The summed E-state index contributed by atoms with van der Waals surface area (Å²) in [7, 11) is 4.17. The normalized spacial score (nSPS) is 11.3. The van der Waals surface area contributed by atoms with Crippen LogP contribution in [0.1, 0.15) is 11.1 Å². The zero-order chi connectivity index (χ0) is 15.5. The van der Waals surface area contributed by atoms with Crippen LogP contribution < -0.4 is 5.32 Å². The number of rotatable bonds is 5. The molecule has 0 amide bonds. The molecular formula is C18H19ClN3-. The molecule has 114 valence electrons. The van der Waals surface area contributed by atoms with Crippen LogP contribution in [-0.2, 0) is 13.1 Å². The van der Waals surface area contributed by atoms with Crippen LogP contribution in [0.15, 0.2) is 48.7 Å². The van der Waals surface area contributed by atoms with E-state index >= 15 is 0 Å². The number of aromatic nitrogens is 1. The molecule has 1 N–H and O–H groups in total. The smallest absolute Gasteiger partial charge is 0.0737 e. The Morgan fingerprint density at radius 2 is 2.09 bits per heavy atom. The van der Waals surface area contributed by atoms with Gasteiger partial charge in [-0.3, -0.25) is 4.98 Å². The number of pyridine rings is 1. The highest BCUT2D eigenvalue weighted by molar-refractivity contribution is 6.31. The molecule has 0 spiro atoms. The Hall–Kier alpha value is -1.97. The average molecular weight is 313 g/mol. The third kappa shape index (κ3) is 3.43.